The van der Waals surface area contributed by atoms with Gasteiger partial charge in [-0.25, -0.2) is 4.79 Å². The van der Waals surface area contributed by atoms with Gasteiger partial charge in [-0.1, -0.05) is 23.2 Å². The summed E-state index contributed by atoms with van der Waals surface area (Å²) in [6.07, 6.45) is 0. The van der Waals surface area contributed by atoms with E-state index in [1.165, 1.54) is 0 Å². The molecule has 42 valence electrons. The van der Waals surface area contributed by atoms with Crippen LogP contribution in [0.25, 0.3) is 0 Å². The number of rotatable bonds is 1. The molecule has 7 heavy (non-hydrogen) atoms. The maximum Gasteiger partial charge on any atom is 0.339 e. The van der Waals surface area contributed by atoms with Crippen LogP contribution < -0.4 is 0 Å². The average molecular weight is 144 g/mol. The van der Waals surface area contributed by atoms with Crippen molar-refractivity contribution >= 4 is 29.2 Å². The van der Waals surface area contributed by atoms with Crippen molar-refractivity contribution in [3.8, 4) is 0 Å². The Kier molecular flexibility index (Phi) is 2.30. The molecule has 0 unspecified atom stereocenters. The summed E-state index contributed by atoms with van der Waals surface area (Å²) in [4.78, 5) is 8.00. The molecule has 0 rings (SSSR count). The number of carbonyl (C=O) groups excluding carboxylic acids is 1. The van der Waals surface area contributed by atoms with Crippen molar-refractivity contribution in [1.29, 1.82) is 0 Å². The van der Waals surface area contributed by atoms with E-state index in [1.807, 2.05) is 0 Å². The van der Waals surface area contributed by atoms with E-state index in [1.54, 1.807) is 0 Å². The molecule has 0 aromatic heterocycles. The summed E-state index contributed by atoms with van der Waals surface area (Å²) in [5, 5.41) is 0. The van der Waals surface area contributed by atoms with Gasteiger partial charge in [0, 0.05) is 0 Å². The Bertz CT molecular complexity index is 97.9. The number of carbonyl (C=O) groups is 1. The normalized spacial score (nSPS) is 12.7. The lowest BCUT2D eigenvalue weighted by Gasteiger charge is -1.93. The van der Waals surface area contributed by atoms with E-state index in [0.29, 0.717) is 0 Å². The van der Waals surface area contributed by atoms with Crippen LogP contribution in [0.4, 0.5) is 0 Å². The van der Waals surface area contributed by atoms with Crippen molar-refractivity contribution in [3.63, 3.8) is 0 Å². The van der Waals surface area contributed by atoms with Gasteiger partial charge in [-0.3, -0.25) is 0 Å². The summed E-state index contributed by atoms with van der Waals surface area (Å²) < 4.78 is 10.6. The lowest BCUT2D eigenvalue weighted by molar-refractivity contribution is -0.138. The topological polar surface area (TPSA) is 26.3 Å². The van der Waals surface area contributed by atoms with Crippen molar-refractivity contribution in [3.05, 3.63) is 0 Å². The van der Waals surface area contributed by atoms with Crippen molar-refractivity contribution in [2.24, 2.45) is 0 Å². The fourth-order valence-corrected chi connectivity index (χ4v) is 0.231. The molecule has 0 aromatic rings. The van der Waals surface area contributed by atoms with E-state index >= 15 is 0 Å². The van der Waals surface area contributed by atoms with Crippen LogP contribution in [0.5, 0.6) is 0 Å². The van der Waals surface area contributed by atoms with Crippen LogP contribution >= 0.6 is 23.2 Å². The smallest absolute Gasteiger partial charge is 0.339 e. The van der Waals surface area contributed by atoms with Crippen molar-refractivity contribution < 1.29 is 10.9 Å². The quantitative estimate of drug-likeness (QED) is 0.404. The SMILES string of the molecule is [2H]C(Cl)(Cl)C(=O)OC. The van der Waals surface area contributed by atoms with Crippen LogP contribution in [0.15, 0.2) is 0 Å². The largest absolute Gasteiger partial charge is 0.467 e. The molecule has 0 amide bonds. The van der Waals surface area contributed by atoms with Crippen LogP contribution in [0.1, 0.15) is 1.37 Å². The second kappa shape index (κ2) is 3.10. The number of hydrogen-bond acceptors (Lipinski definition) is 2. The van der Waals surface area contributed by atoms with E-state index in [-0.39, 0.29) is 0 Å². The molecule has 0 N–H and O–H groups in total. The Morgan fingerprint density at radius 1 is 2.00 bits per heavy atom. The Morgan fingerprint density at radius 2 is 2.43 bits per heavy atom. The molecule has 0 aromatic carbocycles. The number of halogens is 2. The minimum Gasteiger partial charge on any atom is -0.467 e. The van der Waals surface area contributed by atoms with E-state index < -0.39 is 10.8 Å². The summed E-state index contributed by atoms with van der Waals surface area (Å²) in [5.74, 6) is -0.971. The predicted octanol–water partition coefficient (Wildman–Crippen LogP) is 0.963. The highest BCUT2D eigenvalue weighted by Crippen LogP contribution is 2.01. The van der Waals surface area contributed by atoms with Gasteiger partial charge in [-0.15, -0.1) is 0 Å². The molecule has 0 fully saturated rings. The summed E-state index contributed by atoms with van der Waals surface area (Å²) in [6.45, 7) is 0. The van der Waals surface area contributed by atoms with E-state index in [0.717, 1.165) is 7.11 Å². The molecule has 0 aliphatic heterocycles. The lowest BCUT2D eigenvalue weighted by atomic mass is 10.8. The second-order valence-corrected chi connectivity index (χ2v) is 1.70. The van der Waals surface area contributed by atoms with E-state index in [9.17, 15) is 4.79 Å². The highest BCUT2D eigenvalue weighted by molar-refractivity contribution is 6.52. The molecule has 0 aliphatic carbocycles. The van der Waals surface area contributed by atoms with Gasteiger partial charge in [-0.2, -0.15) is 0 Å². The zero-order valence-electron chi connectivity index (χ0n) is 4.57. The monoisotopic (exact) mass is 143 g/mol. The first-order chi connectivity index (χ1) is 3.48. The first kappa shape index (κ1) is 5.19. The van der Waals surface area contributed by atoms with Gasteiger partial charge in [-0.05, 0) is 0 Å². The molecule has 0 heterocycles. The first-order valence-electron chi connectivity index (χ1n) is 1.94. The average Bonchev–Trinajstić information content (AvgIpc) is 1.62. The first-order valence-corrected chi connectivity index (χ1v) is 2.20. The van der Waals surface area contributed by atoms with Crippen LogP contribution in [-0.2, 0) is 9.53 Å². The molecule has 0 saturated carbocycles. The number of hydrogen-bond donors (Lipinski definition) is 0. The predicted molar refractivity (Wildman–Crippen MR) is 27.5 cm³/mol. The fraction of sp³-hybridized carbons (Fsp3) is 0.667. The number of methoxy groups -OCH3 is 1. The van der Waals surface area contributed by atoms with E-state index in [2.05, 4.69) is 4.74 Å². The highest BCUT2D eigenvalue weighted by Gasteiger charge is 2.09. The summed E-state index contributed by atoms with van der Waals surface area (Å²) >= 11 is 9.88. The molecule has 0 spiro atoms. The molecule has 0 atom stereocenters. The Hall–Kier alpha value is 0.0500. The number of esters is 1. The van der Waals surface area contributed by atoms with Gasteiger partial charge >= 0.3 is 5.97 Å². The molecule has 2 nitrogen and oxygen atoms in total. The van der Waals surface area contributed by atoms with Gasteiger partial charge < -0.3 is 4.74 Å². The minimum absolute atomic E-state index is 0.971. The Labute approximate surface area is 52.8 Å². The third-order valence-corrected chi connectivity index (χ3v) is 0.648. The van der Waals surface area contributed by atoms with Crippen molar-refractivity contribution in [1.82, 2.24) is 0 Å². The molecular weight excluding hydrogens is 139 g/mol. The molecule has 0 aliphatic rings. The molecule has 0 bridgehead atoms. The number of alkyl halides is 2. The zero-order valence-corrected chi connectivity index (χ0v) is 5.08. The Morgan fingerprint density at radius 3 is 2.43 bits per heavy atom. The van der Waals surface area contributed by atoms with Gasteiger partial charge in [0.1, 0.15) is 0 Å². The molecule has 0 radical (unpaired) electrons. The lowest BCUT2D eigenvalue weighted by Crippen LogP contribution is -2.08. The van der Waals surface area contributed by atoms with Crippen LogP contribution in [-0.4, -0.2) is 17.9 Å². The molecule has 4 heteroatoms. The summed E-state index contributed by atoms with van der Waals surface area (Å²) in [7, 11) is 1.11. The van der Waals surface area contributed by atoms with Crippen molar-refractivity contribution in [2.75, 3.05) is 7.11 Å². The van der Waals surface area contributed by atoms with Gasteiger partial charge in [0.2, 0.25) is 4.81 Å². The molecular formula is C3H4Cl2O2. The maximum atomic E-state index is 10.2. The van der Waals surface area contributed by atoms with E-state index in [4.69, 9.17) is 24.6 Å². The minimum atomic E-state index is -2.16. The maximum absolute atomic E-state index is 10.2. The van der Waals surface area contributed by atoms with Gasteiger partial charge in [0.25, 0.3) is 0 Å². The number of ether oxygens (including phenoxy) is 1. The summed E-state index contributed by atoms with van der Waals surface area (Å²) in [6, 6.07) is 0. The van der Waals surface area contributed by atoms with Crippen LogP contribution in [0.2, 0.25) is 0 Å². The second-order valence-electron chi connectivity index (χ2n) is 0.752. The Balaban J connectivity index is 3.82. The fourth-order valence-electron chi connectivity index (χ4n) is 0.0772. The highest BCUT2D eigenvalue weighted by atomic mass is 35.5. The zero-order chi connectivity index (χ0) is 6.78. The van der Waals surface area contributed by atoms with Gasteiger partial charge in [0.15, 0.2) is 0 Å². The van der Waals surface area contributed by atoms with Crippen LogP contribution in [0, 0.1) is 0 Å². The van der Waals surface area contributed by atoms with Crippen LogP contribution in [0.3, 0.4) is 0 Å². The third-order valence-electron chi connectivity index (χ3n) is 0.340. The van der Waals surface area contributed by atoms with Crippen molar-refractivity contribution in [2.45, 2.75) is 4.81 Å². The van der Waals surface area contributed by atoms with Gasteiger partial charge in [0.05, 0.1) is 8.48 Å². The standard InChI is InChI=1S/C3H4Cl2O2/c1-7-3(6)2(4)5/h2H,1H3/i2D. The molecule has 0 saturated heterocycles. The third kappa shape index (κ3) is 2.71. The summed E-state index contributed by atoms with van der Waals surface area (Å²) in [5.41, 5.74) is 0.